The van der Waals surface area contributed by atoms with Crippen LogP contribution in [0, 0.1) is 23.2 Å². The molecule has 1 saturated carbocycles. The van der Waals surface area contributed by atoms with Gasteiger partial charge in [0.2, 0.25) is 0 Å². The highest BCUT2D eigenvalue weighted by Gasteiger charge is 2.52. The summed E-state index contributed by atoms with van der Waals surface area (Å²) >= 11 is 0. The van der Waals surface area contributed by atoms with Crippen molar-refractivity contribution in [2.45, 2.75) is 26.7 Å². The van der Waals surface area contributed by atoms with Crippen LogP contribution in [0.2, 0.25) is 0 Å². The summed E-state index contributed by atoms with van der Waals surface area (Å²) in [6.45, 7) is 4.37. The molecule has 0 aromatic carbocycles. The Morgan fingerprint density at radius 1 is 1.58 bits per heavy atom. The summed E-state index contributed by atoms with van der Waals surface area (Å²) in [5, 5.41) is 0. The molecule has 0 unspecified atom stereocenters. The number of fused-ring (bicyclic) bond motifs is 2. The topological polar surface area (TPSA) is 17.1 Å². The SMILES string of the molecule is CC[C@]1(C=O)[C@@H]2C=C[C@@H](C2)[C@@H]1C. The zero-order chi connectivity index (χ0) is 8.77. The quantitative estimate of drug-likeness (QED) is 0.452. The molecule has 0 aromatic heterocycles. The maximum absolute atomic E-state index is 11.1. The predicted molar refractivity (Wildman–Crippen MR) is 48.7 cm³/mol. The molecule has 2 rings (SSSR count). The number of carbonyl (C=O) groups excluding carboxylic acids is 1. The van der Waals surface area contributed by atoms with Crippen molar-refractivity contribution >= 4 is 6.29 Å². The highest BCUT2D eigenvalue weighted by Crippen LogP contribution is 2.56. The van der Waals surface area contributed by atoms with E-state index in [0.717, 1.165) is 6.42 Å². The van der Waals surface area contributed by atoms with Crippen molar-refractivity contribution in [1.82, 2.24) is 0 Å². The summed E-state index contributed by atoms with van der Waals surface area (Å²) in [6, 6.07) is 0. The number of hydrogen-bond acceptors (Lipinski definition) is 1. The van der Waals surface area contributed by atoms with Crippen LogP contribution in [0.25, 0.3) is 0 Å². The van der Waals surface area contributed by atoms with Crippen LogP contribution < -0.4 is 0 Å². The van der Waals surface area contributed by atoms with Crippen molar-refractivity contribution in [3.05, 3.63) is 12.2 Å². The summed E-state index contributed by atoms with van der Waals surface area (Å²) in [5.41, 5.74) is -0.0145. The lowest BCUT2D eigenvalue weighted by Crippen LogP contribution is -2.33. The van der Waals surface area contributed by atoms with Gasteiger partial charge in [-0.1, -0.05) is 26.0 Å². The first kappa shape index (κ1) is 8.03. The normalized spacial score (nSPS) is 50.0. The van der Waals surface area contributed by atoms with E-state index < -0.39 is 0 Å². The molecule has 12 heavy (non-hydrogen) atoms. The van der Waals surface area contributed by atoms with Gasteiger partial charge in [-0.15, -0.1) is 0 Å². The highest BCUT2D eigenvalue weighted by atomic mass is 16.1. The fraction of sp³-hybridized carbons (Fsp3) is 0.727. The molecule has 0 saturated heterocycles. The molecule has 0 aliphatic heterocycles. The van der Waals surface area contributed by atoms with Crippen LogP contribution in [-0.4, -0.2) is 6.29 Å². The number of rotatable bonds is 2. The Morgan fingerprint density at radius 2 is 2.33 bits per heavy atom. The predicted octanol–water partition coefficient (Wildman–Crippen LogP) is 2.42. The molecule has 1 nitrogen and oxygen atoms in total. The third kappa shape index (κ3) is 0.720. The Hall–Kier alpha value is -0.590. The smallest absolute Gasteiger partial charge is 0.127 e. The minimum Gasteiger partial charge on any atom is -0.303 e. The molecule has 4 atom stereocenters. The van der Waals surface area contributed by atoms with Gasteiger partial charge in [0.05, 0.1) is 0 Å². The fourth-order valence-electron chi connectivity index (χ4n) is 3.10. The molecule has 0 aromatic rings. The summed E-state index contributed by atoms with van der Waals surface area (Å²) in [4.78, 5) is 11.1. The van der Waals surface area contributed by atoms with Gasteiger partial charge in [0, 0.05) is 5.41 Å². The lowest BCUT2D eigenvalue weighted by atomic mass is 9.68. The van der Waals surface area contributed by atoms with Crippen LogP contribution >= 0.6 is 0 Å². The van der Waals surface area contributed by atoms with Crippen LogP contribution in [-0.2, 0) is 4.79 Å². The maximum Gasteiger partial charge on any atom is 0.127 e. The second kappa shape index (κ2) is 2.45. The van der Waals surface area contributed by atoms with Crippen LogP contribution in [0.1, 0.15) is 26.7 Å². The van der Waals surface area contributed by atoms with Crippen molar-refractivity contribution in [2.24, 2.45) is 23.2 Å². The van der Waals surface area contributed by atoms with E-state index in [0.29, 0.717) is 17.8 Å². The van der Waals surface area contributed by atoms with Crippen LogP contribution in [0.4, 0.5) is 0 Å². The third-order valence-electron chi connectivity index (χ3n) is 4.13. The van der Waals surface area contributed by atoms with Crippen LogP contribution in [0.15, 0.2) is 12.2 Å². The molecule has 2 aliphatic carbocycles. The van der Waals surface area contributed by atoms with Crippen molar-refractivity contribution in [1.29, 1.82) is 0 Å². The first-order valence-corrected chi connectivity index (χ1v) is 4.89. The Bertz CT molecular complexity index is 231. The number of aldehydes is 1. The number of hydrogen-bond donors (Lipinski definition) is 0. The lowest BCUT2D eigenvalue weighted by Gasteiger charge is -2.34. The Labute approximate surface area is 73.8 Å². The fourth-order valence-corrected chi connectivity index (χ4v) is 3.10. The Kier molecular flexibility index (Phi) is 1.64. The summed E-state index contributed by atoms with van der Waals surface area (Å²) in [6.07, 6.45) is 7.98. The Balaban J connectivity index is 2.37. The lowest BCUT2D eigenvalue weighted by molar-refractivity contribution is -0.119. The molecule has 2 bridgehead atoms. The summed E-state index contributed by atoms with van der Waals surface area (Å²) in [5.74, 6) is 1.79. The van der Waals surface area contributed by atoms with Gasteiger partial charge in [0.1, 0.15) is 6.29 Å². The molecule has 0 amide bonds. The van der Waals surface area contributed by atoms with Gasteiger partial charge in [-0.05, 0) is 30.6 Å². The monoisotopic (exact) mass is 164 g/mol. The third-order valence-corrected chi connectivity index (χ3v) is 4.13. The first-order valence-electron chi connectivity index (χ1n) is 4.89. The maximum atomic E-state index is 11.1. The van der Waals surface area contributed by atoms with E-state index in [-0.39, 0.29) is 5.41 Å². The molecular formula is C11H16O. The molecule has 0 heterocycles. The van der Waals surface area contributed by atoms with Crippen molar-refractivity contribution in [3.63, 3.8) is 0 Å². The molecule has 0 N–H and O–H groups in total. The van der Waals surface area contributed by atoms with Gasteiger partial charge >= 0.3 is 0 Å². The Morgan fingerprint density at radius 3 is 2.67 bits per heavy atom. The van der Waals surface area contributed by atoms with Gasteiger partial charge in [0.25, 0.3) is 0 Å². The molecule has 0 radical (unpaired) electrons. The molecule has 1 heteroatoms. The van der Waals surface area contributed by atoms with Crippen molar-refractivity contribution in [2.75, 3.05) is 0 Å². The molecule has 66 valence electrons. The average Bonchev–Trinajstić information content (AvgIpc) is 2.64. The van der Waals surface area contributed by atoms with Gasteiger partial charge < -0.3 is 4.79 Å². The van der Waals surface area contributed by atoms with E-state index in [1.54, 1.807) is 0 Å². The van der Waals surface area contributed by atoms with E-state index in [9.17, 15) is 4.79 Å². The van der Waals surface area contributed by atoms with Crippen LogP contribution in [0.3, 0.4) is 0 Å². The second-order valence-corrected chi connectivity index (χ2v) is 4.26. The number of carbonyl (C=O) groups is 1. The standard InChI is InChI=1S/C11H16O/c1-3-11(7-12)8(2)9-4-5-10(11)6-9/h4-5,7-10H,3,6H2,1-2H3/t8-,9-,10+,11+/m0/s1. The highest BCUT2D eigenvalue weighted by molar-refractivity contribution is 5.63. The summed E-state index contributed by atoms with van der Waals surface area (Å²) in [7, 11) is 0. The van der Waals surface area contributed by atoms with Crippen LogP contribution in [0.5, 0.6) is 0 Å². The van der Waals surface area contributed by atoms with E-state index >= 15 is 0 Å². The minimum absolute atomic E-state index is 0.0145. The van der Waals surface area contributed by atoms with Gasteiger partial charge in [-0.3, -0.25) is 0 Å². The van der Waals surface area contributed by atoms with E-state index in [1.165, 1.54) is 12.7 Å². The molecule has 2 aliphatic rings. The number of allylic oxidation sites excluding steroid dienone is 2. The minimum atomic E-state index is -0.0145. The molecule has 1 fully saturated rings. The zero-order valence-electron chi connectivity index (χ0n) is 7.79. The van der Waals surface area contributed by atoms with E-state index in [1.807, 2.05) is 0 Å². The first-order chi connectivity index (χ1) is 5.74. The van der Waals surface area contributed by atoms with Crippen molar-refractivity contribution < 1.29 is 4.79 Å². The largest absolute Gasteiger partial charge is 0.303 e. The second-order valence-electron chi connectivity index (χ2n) is 4.26. The molecule has 0 spiro atoms. The summed E-state index contributed by atoms with van der Waals surface area (Å²) < 4.78 is 0. The molecular weight excluding hydrogens is 148 g/mol. The average molecular weight is 164 g/mol. The van der Waals surface area contributed by atoms with Gasteiger partial charge in [-0.25, -0.2) is 0 Å². The van der Waals surface area contributed by atoms with Crippen molar-refractivity contribution in [3.8, 4) is 0 Å². The van der Waals surface area contributed by atoms with E-state index in [4.69, 9.17) is 0 Å². The zero-order valence-corrected chi connectivity index (χ0v) is 7.79. The van der Waals surface area contributed by atoms with E-state index in [2.05, 4.69) is 26.0 Å². The van der Waals surface area contributed by atoms with Gasteiger partial charge in [0.15, 0.2) is 0 Å². The van der Waals surface area contributed by atoms with Gasteiger partial charge in [-0.2, -0.15) is 0 Å².